The van der Waals surface area contributed by atoms with Crippen molar-refractivity contribution >= 4 is 28.7 Å². The smallest absolute Gasteiger partial charge is 0.319 e. The van der Waals surface area contributed by atoms with Crippen LogP contribution in [0.2, 0.25) is 0 Å². The number of halogens is 2. The summed E-state index contributed by atoms with van der Waals surface area (Å²) in [5, 5.41) is 5.33. The second-order valence-corrected chi connectivity index (χ2v) is 8.13. The summed E-state index contributed by atoms with van der Waals surface area (Å²) in [7, 11) is 0. The molecule has 140 valence electrons. The molecule has 2 heterocycles. The van der Waals surface area contributed by atoms with E-state index < -0.39 is 17.7 Å². The van der Waals surface area contributed by atoms with Gasteiger partial charge in [-0.05, 0) is 57.4 Å². The van der Waals surface area contributed by atoms with Gasteiger partial charge in [-0.15, -0.1) is 11.3 Å². The Labute approximate surface area is 156 Å². The van der Waals surface area contributed by atoms with Crippen LogP contribution in [0.5, 0.6) is 0 Å². The second kappa shape index (κ2) is 7.61. The summed E-state index contributed by atoms with van der Waals surface area (Å²) in [6.45, 7) is 7.20. The number of urea groups is 1. The zero-order chi connectivity index (χ0) is 18.8. The molecule has 2 N–H and O–H groups in total. The van der Waals surface area contributed by atoms with Crippen LogP contribution in [0.3, 0.4) is 0 Å². The van der Waals surface area contributed by atoms with Gasteiger partial charge in [-0.1, -0.05) is 0 Å². The number of nitrogens with one attached hydrogen (secondary N) is 2. The Hall–Kier alpha value is -2.15. The molecule has 2 amide bonds. The van der Waals surface area contributed by atoms with Crippen LogP contribution in [0.15, 0.2) is 18.2 Å². The summed E-state index contributed by atoms with van der Waals surface area (Å²) >= 11 is 1.67. The molecule has 0 aliphatic carbocycles. The molecule has 7 heteroatoms. The summed E-state index contributed by atoms with van der Waals surface area (Å²) in [5.74, 6) is -1.31. The van der Waals surface area contributed by atoms with Gasteiger partial charge < -0.3 is 15.5 Å². The van der Waals surface area contributed by atoms with Gasteiger partial charge in [-0.25, -0.2) is 13.6 Å². The first-order valence-electron chi connectivity index (χ1n) is 8.73. The largest absolute Gasteiger partial charge is 0.367 e. The van der Waals surface area contributed by atoms with E-state index in [1.807, 2.05) is 26.8 Å². The molecule has 1 aliphatic heterocycles. The normalized spacial score (nSPS) is 15.2. The van der Waals surface area contributed by atoms with E-state index in [-0.39, 0.29) is 17.4 Å². The lowest BCUT2D eigenvalue weighted by molar-refractivity contribution is 0.249. The van der Waals surface area contributed by atoms with Gasteiger partial charge in [0.15, 0.2) is 11.6 Å². The maximum Gasteiger partial charge on any atom is 0.319 e. The number of benzene rings is 1. The van der Waals surface area contributed by atoms with E-state index in [1.54, 1.807) is 16.2 Å². The Balaban J connectivity index is 1.68. The molecule has 0 saturated carbocycles. The molecule has 1 atom stereocenters. The highest BCUT2D eigenvalue weighted by Gasteiger charge is 2.22. The van der Waals surface area contributed by atoms with Gasteiger partial charge in [0.05, 0.1) is 6.04 Å². The van der Waals surface area contributed by atoms with Crippen LogP contribution in [-0.4, -0.2) is 19.1 Å². The summed E-state index contributed by atoms with van der Waals surface area (Å²) in [4.78, 5) is 16.2. The van der Waals surface area contributed by atoms with Crippen molar-refractivity contribution in [2.75, 3.05) is 23.3 Å². The van der Waals surface area contributed by atoms with E-state index >= 15 is 0 Å². The van der Waals surface area contributed by atoms with Crippen molar-refractivity contribution in [1.82, 2.24) is 5.32 Å². The molecule has 0 radical (unpaired) electrons. The summed E-state index contributed by atoms with van der Waals surface area (Å²) < 4.78 is 28.7. The molecule has 1 saturated heterocycles. The first kappa shape index (κ1) is 18.6. The number of hydrogen-bond donors (Lipinski definition) is 2. The van der Waals surface area contributed by atoms with Crippen molar-refractivity contribution in [2.24, 2.45) is 0 Å². The molecule has 1 fully saturated rings. The Morgan fingerprint density at radius 3 is 2.31 bits per heavy atom. The number of carbonyl (C=O) groups excluding carboxylic acids is 1. The number of rotatable bonds is 4. The van der Waals surface area contributed by atoms with E-state index in [0.29, 0.717) is 13.1 Å². The fraction of sp³-hybridized carbons (Fsp3) is 0.421. The van der Waals surface area contributed by atoms with Gasteiger partial charge in [0, 0.05) is 28.5 Å². The zero-order valence-electron chi connectivity index (χ0n) is 15.2. The Kier molecular flexibility index (Phi) is 5.46. The highest BCUT2D eigenvalue weighted by molar-refractivity contribution is 7.12. The van der Waals surface area contributed by atoms with Crippen LogP contribution in [0.1, 0.15) is 41.1 Å². The van der Waals surface area contributed by atoms with Crippen LogP contribution in [0, 0.1) is 25.5 Å². The van der Waals surface area contributed by atoms with Crippen LogP contribution in [0.25, 0.3) is 0 Å². The maximum atomic E-state index is 14.3. The van der Waals surface area contributed by atoms with Gasteiger partial charge in [0.1, 0.15) is 5.69 Å². The van der Waals surface area contributed by atoms with Crippen molar-refractivity contribution in [3.8, 4) is 0 Å². The van der Waals surface area contributed by atoms with E-state index in [9.17, 15) is 13.6 Å². The van der Waals surface area contributed by atoms with E-state index in [0.717, 1.165) is 23.3 Å². The van der Waals surface area contributed by atoms with Crippen molar-refractivity contribution in [3.05, 3.63) is 45.2 Å². The molecule has 1 aromatic carbocycles. The lowest BCUT2D eigenvalue weighted by Crippen LogP contribution is -2.31. The molecule has 0 bridgehead atoms. The Morgan fingerprint density at radius 2 is 1.77 bits per heavy atom. The highest BCUT2D eigenvalue weighted by atomic mass is 32.1. The quantitative estimate of drug-likeness (QED) is 0.774. The monoisotopic (exact) mass is 379 g/mol. The third-order valence-corrected chi connectivity index (χ3v) is 5.57. The Bertz CT molecular complexity index is 792. The Morgan fingerprint density at radius 1 is 1.15 bits per heavy atom. The van der Waals surface area contributed by atoms with Crippen molar-refractivity contribution in [1.29, 1.82) is 0 Å². The van der Waals surface area contributed by atoms with E-state index in [2.05, 4.69) is 10.6 Å². The van der Waals surface area contributed by atoms with Gasteiger partial charge >= 0.3 is 6.03 Å². The number of carbonyl (C=O) groups is 1. The van der Waals surface area contributed by atoms with Crippen molar-refractivity contribution in [2.45, 2.75) is 39.7 Å². The topological polar surface area (TPSA) is 44.4 Å². The fourth-order valence-electron chi connectivity index (χ4n) is 3.40. The molecule has 1 aromatic heterocycles. The molecule has 4 nitrogen and oxygen atoms in total. The molecule has 1 aliphatic rings. The summed E-state index contributed by atoms with van der Waals surface area (Å²) in [5.41, 5.74) is 1.14. The van der Waals surface area contributed by atoms with Gasteiger partial charge in [-0.3, -0.25) is 0 Å². The van der Waals surface area contributed by atoms with Crippen LogP contribution in [-0.2, 0) is 0 Å². The van der Waals surface area contributed by atoms with E-state index in [4.69, 9.17) is 0 Å². The van der Waals surface area contributed by atoms with Crippen molar-refractivity contribution in [3.63, 3.8) is 0 Å². The predicted molar refractivity (Wildman–Crippen MR) is 102 cm³/mol. The molecule has 3 rings (SSSR count). The van der Waals surface area contributed by atoms with Gasteiger partial charge in [0.25, 0.3) is 0 Å². The minimum atomic E-state index is -0.653. The molecule has 0 spiro atoms. The van der Waals surface area contributed by atoms with Crippen molar-refractivity contribution < 1.29 is 13.6 Å². The molecule has 0 unspecified atom stereocenters. The average Bonchev–Trinajstić information content (AvgIpc) is 3.16. The van der Waals surface area contributed by atoms with Crippen LogP contribution < -0.4 is 15.5 Å². The third kappa shape index (κ3) is 3.98. The minimum Gasteiger partial charge on any atom is -0.367 e. The molecular formula is C19H23F2N3OS. The third-order valence-electron chi connectivity index (χ3n) is 4.59. The lowest BCUT2D eigenvalue weighted by Gasteiger charge is -2.20. The predicted octanol–water partition coefficient (Wildman–Crippen LogP) is 5.13. The maximum absolute atomic E-state index is 14.3. The van der Waals surface area contributed by atoms with Gasteiger partial charge in [-0.2, -0.15) is 0 Å². The number of amides is 2. The number of nitrogens with zero attached hydrogens (tertiary/aromatic N) is 1. The first-order chi connectivity index (χ1) is 12.3. The van der Waals surface area contributed by atoms with Gasteiger partial charge in [0.2, 0.25) is 0 Å². The summed E-state index contributed by atoms with van der Waals surface area (Å²) in [6, 6.07) is 3.68. The minimum absolute atomic E-state index is 0.00815. The first-order valence-corrected chi connectivity index (χ1v) is 9.55. The summed E-state index contributed by atoms with van der Waals surface area (Å²) in [6.07, 6.45) is 1.86. The van der Waals surface area contributed by atoms with E-state index in [1.165, 1.54) is 17.0 Å². The van der Waals surface area contributed by atoms with Crippen LogP contribution >= 0.6 is 11.3 Å². The van der Waals surface area contributed by atoms with Crippen LogP contribution in [0.4, 0.5) is 25.0 Å². The number of anilines is 2. The fourth-order valence-corrected chi connectivity index (χ4v) is 4.42. The standard InChI is InChI=1S/C19H23F2N3OS/c1-11-8-15(13(3)26-11)12(2)22-19(25)23-14-9-16(20)18(17(21)10-14)24-6-4-5-7-24/h8-10,12H,4-7H2,1-3H3,(H2,22,23,25)/t12-/m0/s1. The number of hydrogen-bond acceptors (Lipinski definition) is 3. The SMILES string of the molecule is Cc1cc([C@H](C)NC(=O)Nc2cc(F)c(N3CCCC3)c(F)c2)c(C)s1. The molecule has 2 aromatic rings. The highest BCUT2D eigenvalue weighted by Crippen LogP contribution is 2.30. The number of aryl methyl sites for hydroxylation is 2. The second-order valence-electron chi connectivity index (χ2n) is 6.67. The average molecular weight is 379 g/mol. The molecular weight excluding hydrogens is 356 g/mol. The number of thiophene rings is 1. The molecule has 26 heavy (non-hydrogen) atoms. The zero-order valence-corrected chi connectivity index (χ0v) is 16.0. The lowest BCUT2D eigenvalue weighted by atomic mass is 10.1.